The van der Waals surface area contributed by atoms with E-state index in [1.807, 2.05) is 42.5 Å². The van der Waals surface area contributed by atoms with Crippen molar-refractivity contribution in [2.45, 2.75) is 32.4 Å². The summed E-state index contributed by atoms with van der Waals surface area (Å²) in [6.07, 6.45) is 0.280. The molecule has 0 saturated carbocycles. The molecule has 0 radical (unpaired) electrons. The summed E-state index contributed by atoms with van der Waals surface area (Å²) < 4.78 is 0. The monoisotopic (exact) mass is 384 g/mol. The van der Waals surface area contributed by atoms with Gasteiger partial charge in [-0.1, -0.05) is 56.3 Å². The van der Waals surface area contributed by atoms with Crippen LogP contribution in [0.2, 0.25) is 0 Å². The van der Waals surface area contributed by atoms with E-state index in [-0.39, 0.29) is 18.6 Å². The summed E-state index contributed by atoms with van der Waals surface area (Å²) in [7, 11) is 0. The van der Waals surface area contributed by atoms with Crippen molar-refractivity contribution < 1.29 is 24.3 Å². The minimum atomic E-state index is -1.65. The van der Waals surface area contributed by atoms with Gasteiger partial charge in [-0.2, -0.15) is 0 Å². The Bertz CT molecular complexity index is 888. The van der Waals surface area contributed by atoms with Crippen LogP contribution in [0.25, 0.3) is 10.8 Å². The number of carboxylic acids is 1. The van der Waals surface area contributed by atoms with Gasteiger partial charge in [-0.3, -0.25) is 14.4 Å². The van der Waals surface area contributed by atoms with Crippen LogP contribution in [0.4, 0.5) is 0 Å². The minimum Gasteiger partial charge on any atom is -0.480 e. The SMILES string of the molecule is CC(C)[C@H](NC(=O)Cc1cccc2ccccc12)C(=O)[C@H](C=O)C(N)C(=O)O. The van der Waals surface area contributed by atoms with Gasteiger partial charge in [-0.25, -0.2) is 0 Å². The van der Waals surface area contributed by atoms with Crippen molar-refractivity contribution >= 4 is 34.7 Å². The molecule has 0 aliphatic carbocycles. The lowest BCUT2D eigenvalue weighted by molar-refractivity contribution is -0.145. The zero-order valence-electron chi connectivity index (χ0n) is 15.8. The smallest absolute Gasteiger partial charge is 0.321 e. The van der Waals surface area contributed by atoms with Crippen molar-refractivity contribution in [3.05, 3.63) is 48.0 Å². The molecule has 0 spiro atoms. The summed E-state index contributed by atoms with van der Waals surface area (Å²) in [5, 5.41) is 13.6. The maximum atomic E-state index is 12.7. The van der Waals surface area contributed by atoms with Crippen LogP contribution < -0.4 is 11.1 Å². The Hall–Kier alpha value is -3.06. The van der Waals surface area contributed by atoms with Gasteiger partial charge in [0.25, 0.3) is 0 Å². The van der Waals surface area contributed by atoms with Crippen molar-refractivity contribution in [2.24, 2.45) is 17.6 Å². The number of aldehydes is 1. The number of carboxylic acid groups (broad SMARTS) is 1. The number of Topliss-reactive ketones (excluding diaryl/α,β-unsaturated/α-hetero) is 1. The molecule has 0 bridgehead atoms. The molecule has 0 aliphatic heterocycles. The number of benzene rings is 2. The second-order valence-corrected chi connectivity index (χ2v) is 7.03. The molecule has 2 aromatic rings. The molecule has 0 saturated heterocycles. The molecular formula is C21H24N2O5. The molecule has 0 heterocycles. The van der Waals surface area contributed by atoms with Gasteiger partial charge < -0.3 is 21.0 Å². The van der Waals surface area contributed by atoms with E-state index < -0.39 is 35.7 Å². The first-order valence-corrected chi connectivity index (χ1v) is 8.99. The van der Waals surface area contributed by atoms with Gasteiger partial charge in [0.05, 0.1) is 12.5 Å². The average molecular weight is 384 g/mol. The Kier molecular flexibility index (Phi) is 7.00. The molecule has 0 aliphatic rings. The Labute approximate surface area is 162 Å². The highest BCUT2D eigenvalue weighted by molar-refractivity contribution is 6.03. The number of nitrogens with two attached hydrogens (primary N) is 1. The molecule has 0 fully saturated rings. The van der Waals surface area contributed by atoms with Crippen molar-refractivity contribution in [3.8, 4) is 0 Å². The number of nitrogens with one attached hydrogen (secondary N) is 1. The van der Waals surface area contributed by atoms with Crippen molar-refractivity contribution in [1.29, 1.82) is 0 Å². The average Bonchev–Trinajstić information content (AvgIpc) is 2.66. The number of hydrogen-bond donors (Lipinski definition) is 3. The van der Waals surface area contributed by atoms with Crippen LogP contribution in [0.3, 0.4) is 0 Å². The zero-order valence-corrected chi connectivity index (χ0v) is 15.8. The van der Waals surface area contributed by atoms with Crippen LogP contribution in [0.5, 0.6) is 0 Å². The highest BCUT2D eigenvalue weighted by Crippen LogP contribution is 2.19. The molecule has 1 unspecified atom stereocenters. The molecule has 4 N–H and O–H groups in total. The largest absolute Gasteiger partial charge is 0.480 e. The van der Waals surface area contributed by atoms with E-state index in [0.717, 1.165) is 16.3 Å². The summed E-state index contributed by atoms with van der Waals surface area (Å²) in [4.78, 5) is 47.6. The lowest BCUT2D eigenvalue weighted by atomic mass is 9.87. The van der Waals surface area contributed by atoms with Crippen LogP contribution in [-0.2, 0) is 25.6 Å². The fraction of sp³-hybridized carbons (Fsp3) is 0.333. The van der Waals surface area contributed by atoms with Gasteiger partial charge in [0.15, 0.2) is 5.78 Å². The van der Waals surface area contributed by atoms with Crippen LogP contribution >= 0.6 is 0 Å². The summed E-state index contributed by atoms with van der Waals surface area (Å²) in [5.74, 6) is -4.41. The molecular weight excluding hydrogens is 360 g/mol. The van der Waals surface area contributed by atoms with Crippen LogP contribution in [0.15, 0.2) is 42.5 Å². The summed E-state index contributed by atoms with van der Waals surface area (Å²) in [6.45, 7) is 3.41. The quantitative estimate of drug-likeness (QED) is 0.442. The molecule has 3 atom stereocenters. The second-order valence-electron chi connectivity index (χ2n) is 7.03. The van der Waals surface area contributed by atoms with Gasteiger partial charge in [-0.05, 0) is 22.3 Å². The molecule has 2 aromatic carbocycles. The highest BCUT2D eigenvalue weighted by atomic mass is 16.4. The number of carbonyl (C=O) groups excluding carboxylic acids is 3. The Balaban J connectivity index is 2.19. The first-order valence-electron chi connectivity index (χ1n) is 8.99. The summed E-state index contributed by atoms with van der Waals surface area (Å²) in [6, 6.07) is 10.6. The van der Waals surface area contributed by atoms with Crippen molar-refractivity contribution in [3.63, 3.8) is 0 Å². The first kappa shape index (κ1) is 21.2. The van der Waals surface area contributed by atoms with Gasteiger partial charge >= 0.3 is 5.97 Å². The minimum absolute atomic E-state index is 0.0502. The van der Waals surface area contributed by atoms with Crippen LogP contribution in [0, 0.1) is 11.8 Å². The summed E-state index contributed by atoms with van der Waals surface area (Å²) >= 11 is 0. The Morgan fingerprint density at radius 1 is 1.11 bits per heavy atom. The topological polar surface area (TPSA) is 127 Å². The third-order valence-corrected chi connectivity index (χ3v) is 4.67. The van der Waals surface area contributed by atoms with Crippen molar-refractivity contribution in [2.75, 3.05) is 0 Å². The zero-order chi connectivity index (χ0) is 20.8. The molecule has 28 heavy (non-hydrogen) atoms. The second kappa shape index (κ2) is 9.23. The predicted molar refractivity (Wildman–Crippen MR) is 105 cm³/mol. The number of ketones is 1. The maximum absolute atomic E-state index is 12.7. The molecule has 2 rings (SSSR count). The molecule has 0 aromatic heterocycles. The first-order chi connectivity index (χ1) is 13.3. The van der Waals surface area contributed by atoms with E-state index in [0.29, 0.717) is 0 Å². The molecule has 7 heteroatoms. The maximum Gasteiger partial charge on any atom is 0.321 e. The number of aliphatic carboxylic acids is 1. The molecule has 148 valence electrons. The lowest BCUT2D eigenvalue weighted by Crippen LogP contribution is -2.53. The Morgan fingerprint density at radius 2 is 1.75 bits per heavy atom. The fourth-order valence-corrected chi connectivity index (χ4v) is 3.10. The van der Waals surface area contributed by atoms with E-state index in [1.165, 1.54) is 0 Å². The normalized spacial score (nSPS) is 14.3. The van der Waals surface area contributed by atoms with E-state index in [1.54, 1.807) is 13.8 Å². The van der Waals surface area contributed by atoms with E-state index in [9.17, 15) is 19.2 Å². The Morgan fingerprint density at radius 3 is 2.36 bits per heavy atom. The number of amides is 1. The highest BCUT2D eigenvalue weighted by Gasteiger charge is 2.36. The van der Waals surface area contributed by atoms with Gasteiger partial charge in [-0.15, -0.1) is 0 Å². The van der Waals surface area contributed by atoms with E-state index in [4.69, 9.17) is 10.8 Å². The van der Waals surface area contributed by atoms with Crippen molar-refractivity contribution in [1.82, 2.24) is 5.32 Å². The van der Waals surface area contributed by atoms with Gasteiger partial charge in [0.1, 0.15) is 18.2 Å². The van der Waals surface area contributed by atoms with Crippen LogP contribution in [-0.4, -0.2) is 41.1 Å². The fourth-order valence-electron chi connectivity index (χ4n) is 3.10. The predicted octanol–water partition coefficient (Wildman–Crippen LogP) is 1.32. The third-order valence-electron chi connectivity index (χ3n) is 4.67. The number of rotatable bonds is 9. The summed E-state index contributed by atoms with van der Waals surface area (Å²) in [5.41, 5.74) is 6.27. The van der Waals surface area contributed by atoms with Gasteiger partial charge in [0.2, 0.25) is 5.91 Å². The third kappa shape index (κ3) is 4.80. The van der Waals surface area contributed by atoms with E-state index in [2.05, 4.69) is 5.32 Å². The van der Waals surface area contributed by atoms with Crippen LogP contribution in [0.1, 0.15) is 19.4 Å². The molecule has 7 nitrogen and oxygen atoms in total. The standard InChI is InChI=1S/C21H24N2O5/c1-12(2)19(20(26)16(11-24)18(22)21(27)28)23-17(25)10-14-8-5-7-13-6-3-4-9-15(13)14/h3-9,11-12,16,18-19H,10,22H2,1-2H3,(H,23,25)(H,27,28)/t16-,18?,19+/m1/s1. The lowest BCUT2D eigenvalue weighted by Gasteiger charge is -2.25. The van der Waals surface area contributed by atoms with Gasteiger partial charge in [0, 0.05) is 0 Å². The molecule has 1 amide bonds. The van der Waals surface area contributed by atoms with E-state index >= 15 is 0 Å². The number of hydrogen-bond acceptors (Lipinski definition) is 5. The number of fused-ring (bicyclic) bond motifs is 1. The number of carbonyl (C=O) groups is 4.